The molecule has 0 bridgehead atoms. The molecule has 0 saturated heterocycles. The molecular weight excluding hydrogens is 377 g/mol. The van der Waals surface area contributed by atoms with Gasteiger partial charge in [0, 0.05) is 28.4 Å². The molecule has 0 aliphatic heterocycles. The van der Waals surface area contributed by atoms with Crippen molar-refractivity contribution in [3.63, 3.8) is 0 Å². The summed E-state index contributed by atoms with van der Waals surface area (Å²) in [5.41, 5.74) is 2.78. The first-order valence-corrected chi connectivity index (χ1v) is 9.69. The Hall–Kier alpha value is -1.36. The van der Waals surface area contributed by atoms with Crippen LogP contribution >= 0.6 is 35.0 Å². The lowest BCUT2D eigenvalue weighted by Gasteiger charge is -2.13. The number of phenolic OH excluding ortho intramolecular Hbond substituents is 1. The Morgan fingerprint density at radius 3 is 2.40 bits per heavy atom. The molecule has 2 N–H and O–H groups in total. The third kappa shape index (κ3) is 5.30. The fraction of sp³-hybridized carbons (Fsp3) is 0.316. The van der Waals surface area contributed by atoms with Crippen LogP contribution in [0.25, 0.3) is 0 Å². The summed E-state index contributed by atoms with van der Waals surface area (Å²) in [6.45, 7) is 4.08. The molecule has 0 aliphatic carbocycles. The van der Waals surface area contributed by atoms with Crippen molar-refractivity contribution in [2.75, 3.05) is 12.8 Å². The summed E-state index contributed by atoms with van der Waals surface area (Å²) < 4.78 is 0. The number of carbonyl (C=O) groups excluding carboxylic acids is 1. The molecular formula is C19H21Cl2NO2S. The Balaban J connectivity index is 2.23. The summed E-state index contributed by atoms with van der Waals surface area (Å²) in [6, 6.07) is 9.24. The second kappa shape index (κ2) is 8.84. The smallest absolute Gasteiger partial charge is 0.230 e. The average molecular weight is 398 g/mol. The zero-order chi connectivity index (χ0) is 18.6. The van der Waals surface area contributed by atoms with Gasteiger partial charge in [-0.2, -0.15) is 0 Å². The molecule has 0 saturated carbocycles. The van der Waals surface area contributed by atoms with Crippen LogP contribution in [0.3, 0.4) is 0 Å². The molecule has 0 spiro atoms. The van der Waals surface area contributed by atoms with Gasteiger partial charge < -0.3 is 10.4 Å². The number of benzene rings is 2. The van der Waals surface area contributed by atoms with Crippen LogP contribution < -0.4 is 5.32 Å². The van der Waals surface area contributed by atoms with Crippen molar-refractivity contribution < 1.29 is 9.90 Å². The number of carbonyl (C=O) groups is 1. The largest absolute Gasteiger partial charge is 0.508 e. The number of hydrogen-bond acceptors (Lipinski definition) is 3. The molecule has 0 aliphatic rings. The van der Waals surface area contributed by atoms with E-state index in [1.807, 2.05) is 38.1 Å². The predicted molar refractivity (Wildman–Crippen MR) is 106 cm³/mol. The lowest BCUT2D eigenvalue weighted by Crippen LogP contribution is -2.19. The van der Waals surface area contributed by atoms with Gasteiger partial charge in [0.15, 0.2) is 0 Å². The molecule has 2 rings (SSSR count). The van der Waals surface area contributed by atoms with Gasteiger partial charge in [-0.05, 0) is 40.8 Å². The Morgan fingerprint density at radius 1 is 1.20 bits per heavy atom. The fourth-order valence-electron chi connectivity index (χ4n) is 2.43. The van der Waals surface area contributed by atoms with Gasteiger partial charge in [-0.1, -0.05) is 49.2 Å². The molecule has 1 amide bonds. The van der Waals surface area contributed by atoms with E-state index in [1.54, 1.807) is 13.1 Å². The molecule has 6 heteroatoms. The van der Waals surface area contributed by atoms with Crippen molar-refractivity contribution in [3.8, 4) is 5.75 Å². The van der Waals surface area contributed by atoms with Crippen LogP contribution in [-0.2, 0) is 11.2 Å². The molecule has 2 aromatic rings. The van der Waals surface area contributed by atoms with E-state index in [4.69, 9.17) is 23.2 Å². The van der Waals surface area contributed by atoms with Gasteiger partial charge in [0.1, 0.15) is 5.75 Å². The summed E-state index contributed by atoms with van der Waals surface area (Å²) in [5.74, 6) is 0.802. The van der Waals surface area contributed by atoms with Crippen molar-refractivity contribution in [3.05, 3.63) is 57.1 Å². The summed E-state index contributed by atoms with van der Waals surface area (Å²) in [5, 5.41) is 13.7. The summed E-state index contributed by atoms with van der Waals surface area (Å²) in [6.07, 6.45) is 0.581. The molecule has 0 atom stereocenters. The third-order valence-electron chi connectivity index (χ3n) is 3.86. The lowest BCUT2D eigenvalue weighted by molar-refractivity contribution is -0.118. The van der Waals surface area contributed by atoms with Crippen LogP contribution in [-0.4, -0.2) is 23.8 Å². The second-order valence-electron chi connectivity index (χ2n) is 6.05. The molecule has 2 aromatic carbocycles. The maximum Gasteiger partial charge on any atom is 0.230 e. The van der Waals surface area contributed by atoms with Crippen molar-refractivity contribution in [1.82, 2.24) is 5.32 Å². The molecule has 0 heterocycles. The zero-order valence-corrected chi connectivity index (χ0v) is 16.7. The van der Waals surface area contributed by atoms with Crippen molar-refractivity contribution in [2.24, 2.45) is 0 Å². The fourth-order valence-corrected chi connectivity index (χ4v) is 4.03. The Bertz CT molecular complexity index is 755. The van der Waals surface area contributed by atoms with E-state index in [-0.39, 0.29) is 11.8 Å². The maximum absolute atomic E-state index is 11.4. The quantitative estimate of drug-likeness (QED) is 0.654. The van der Waals surface area contributed by atoms with Gasteiger partial charge in [0.25, 0.3) is 0 Å². The van der Waals surface area contributed by atoms with E-state index >= 15 is 0 Å². The Kier molecular flexibility index (Phi) is 7.05. The SMILES string of the molecule is CNC(=O)CSc1cc(Cl)c(Cc2ccc(O)c(C(C)C)c2)c(Cl)c1. The van der Waals surface area contributed by atoms with E-state index in [1.165, 1.54) is 11.8 Å². The second-order valence-corrected chi connectivity index (χ2v) is 7.92. The van der Waals surface area contributed by atoms with Crippen LogP contribution in [0.2, 0.25) is 10.0 Å². The number of thioether (sulfide) groups is 1. The van der Waals surface area contributed by atoms with E-state index in [9.17, 15) is 9.90 Å². The molecule has 0 radical (unpaired) electrons. The minimum absolute atomic E-state index is 0.0494. The number of halogens is 2. The topological polar surface area (TPSA) is 49.3 Å². The van der Waals surface area contributed by atoms with Crippen molar-refractivity contribution >= 4 is 40.9 Å². The summed E-state index contributed by atoms with van der Waals surface area (Å²) >= 11 is 14.2. The minimum Gasteiger partial charge on any atom is -0.508 e. The van der Waals surface area contributed by atoms with Gasteiger partial charge in [0.2, 0.25) is 5.91 Å². The molecule has 0 fully saturated rings. The standard InChI is InChI=1S/C19H21Cl2NO2S/c1-11(2)14-6-12(4-5-18(14)23)7-15-16(20)8-13(9-17(15)21)25-10-19(24)22-3/h4-6,8-9,11,23H,7,10H2,1-3H3,(H,22,24). The van der Waals surface area contributed by atoms with Crippen LogP contribution in [0, 0.1) is 0 Å². The van der Waals surface area contributed by atoms with Gasteiger partial charge >= 0.3 is 0 Å². The monoisotopic (exact) mass is 397 g/mol. The summed E-state index contributed by atoms with van der Waals surface area (Å²) in [7, 11) is 1.61. The average Bonchev–Trinajstić information content (AvgIpc) is 2.57. The van der Waals surface area contributed by atoms with Gasteiger partial charge in [-0.15, -0.1) is 11.8 Å². The van der Waals surface area contributed by atoms with Crippen LogP contribution in [0.15, 0.2) is 35.2 Å². The van der Waals surface area contributed by atoms with Gasteiger partial charge in [-0.3, -0.25) is 4.79 Å². The first-order valence-electron chi connectivity index (χ1n) is 7.95. The third-order valence-corrected chi connectivity index (χ3v) is 5.51. The van der Waals surface area contributed by atoms with Crippen LogP contribution in [0.1, 0.15) is 36.5 Å². The number of phenols is 1. The molecule has 25 heavy (non-hydrogen) atoms. The van der Waals surface area contributed by atoms with E-state index in [0.29, 0.717) is 28.0 Å². The Labute approximate surface area is 162 Å². The maximum atomic E-state index is 11.4. The normalized spacial score (nSPS) is 11.0. The number of nitrogens with one attached hydrogen (secondary N) is 1. The van der Waals surface area contributed by atoms with Crippen LogP contribution in [0.5, 0.6) is 5.75 Å². The number of rotatable bonds is 6. The lowest BCUT2D eigenvalue weighted by atomic mass is 9.96. The predicted octanol–water partition coefficient (Wildman–Crippen LogP) is 5.25. The van der Waals surface area contributed by atoms with Crippen molar-refractivity contribution in [2.45, 2.75) is 31.1 Å². The van der Waals surface area contributed by atoms with Crippen molar-refractivity contribution in [1.29, 1.82) is 0 Å². The van der Waals surface area contributed by atoms with Gasteiger partial charge in [-0.25, -0.2) is 0 Å². The van der Waals surface area contributed by atoms with Gasteiger partial charge in [0.05, 0.1) is 5.75 Å². The molecule has 134 valence electrons. The minimum atomic E-state index is -0.0494. The summed E-state index contributed by atoms with van der Waals surface area (Å²) in [4.78, 5) is 12.2. The highest BCUT2D eigenvalue weighted by Gasteiger charge is 2.13. The molecule has 0 unspecified atom stereocenters. The number of amides is 1. The highest BCUT2D eigenvalue weighted by Crippen LogP contribution is 2.34. The number of hydrogen-bond donors (Lipinski definition) is 2. The van der Waals surface area contributed by atoms with E-state index in [2.05, 4.69) is 5.32 Å². The van der Waals surface area contributed by atoms with Crippen LogP contribution in [0.4, 0.5) is 0 Å². The Morgan fingerprint density at radius 2 is 1.84 bits per heavy atom. The first kappa shape index (κ1) is 20.0. The first-order chi connectivity index (χ1) is 11.8. The van der Waals surface area contributed by atoms with E-state index < -0.39 is 0 Å². The molecule has 0 aromatic heterocycles. The molecule has 3 nitrogen and oxygen atoms in total. The zero-order valence-electron chi connectivity index (χ0n) is 14.4. The highest BCUT2D eigenvalue weighted by atomic mass is 35.5. The van der Waals surface area contributed by atoms with E-state index in [0.717, 1.165) is 21.6 Å². The highest BCUT2D eigenvalue weighted by molar-refractivity contribution is 8.00. The number of aromatic hydroxyl groups is 1.